The van der Waals surface area contributed by atoms with Gasteiger partial charge in [-0.15, -0.1) is 24.8 Å². The summed E-state index contributed by atoms with van der Waals surface area (Å²) in [5, 5.41) is 19.0. The van der Waals surface area contributed by atoms with E-state index in [0.29, 0.717) is 38.9 Å². The van der Waals surface area contributed by atoms with E-state index in [2.05, 4.69) is 33.0 Å². The lowest BCUT2D eigenvalue weighted by molar-refractivity contribution is -0.148. The number of likely N-dealkylation sites (N-methyl/N-ethyl adjacent to an activating group) is 1. The van der Waals surface area contributed by atoms with Crippen LogP contribution in [0.5, 0.6) is 0 Å². The smallest absolute Gasteiger partial charge is 0.407 e. The fraction of sp³-hybridized carbons (Fsp3) is 0.556. The molecule has 2 aromatic carbocycles. The van der Waals surface area contributed by atoms with Crippen LogP contribution in [0.2, 0.25) is 0 Å². The molecule has 49 heavy (non-hydrogen) atoms. The second-order valence-electron chi connectivity index (χ2n) is 13.2. The van der Waals surface area contributed by atoms with Gasteiger partial charge < -0.3 is 30.9 Å². The second kappa shape index (κ2) is 19.1. The summed E-state index contributed by atoms with van der Waals surface area (Å²) in [6, 6.07) is 15.8. The molecule has 2 fully saturated rings. The van der Waals surface area contributed by atoms with Crippen molar-refractivity contribution in [3.05, 3.63) is 71.3 Å². The Labute approximate surface area is 302 Å². The van der Waals surface area contributed by atoms with Gasteiger partial charge in [0.15, 0.2) is 0 Å². The first kappa shape index (κ1) is 40.1. The number of benzene rings is 2. The summed E-state index contributed by atoms with van der Waals surface area (Å²) >= 11 is 0. The van der Waals surface area contributed by atoms with Crippen molar-refractivity contribution in [2.75, 3.05) is 33.2 Å². The van der Waals surface area contributed by atoms with Crippen molar-refractivity contribution in [3.8, 4) is 0 Å². The van der Waals surface area contributed by atoms with E-state index in [-0.39, 0.29) is 61.2 Å². The topological polar surface area (TPSA) is 134 Å². The van der Waals surface area contributed by atoms with E-state index in [9.17, 15) is 24.3 Å². The first-order valence-corrected chi connectivity index (χ1v) is 17.2. The maximum Gasteiger partial charge on any atom is 0.407 e. The van der Waals surface area contributed by atoms with Crippen molar-refractivity contribution in [2.24, 2.45) is 0 Å². The summed E-state index contributed by atoms with van der Waals surface area (Å²) < 4.78 is 0. The summed E-state index contributed by atoms with van der Waals surface area (Å²) in [5.41, 5.74) is 3.31. The lowest BCUT2D eigenvalue weighted by atomic mass is 9.87. The van der Waals surface area contributed by atoms with Crippen LogP contribution in [0.25, 0.3) is 0 Å². The highest BCUT2D eigenvalue weighted by Gasteiger charge is 2.44. The molecule has 0 aromatic heterocycles. The number of piperazine rings is 1. The Kier molecular flexibility index (Phi) is 15.6. The number of carbonyl (C=O) groups excluding carboxylic acids is 3. The zero-order valence-electron chi connectivity index (χ0n) is 28.5. The summed E-state index contributed by atoms with van der Waals surface area (Å²) in [5.74, 6) is -0.699. The SMILES string of the molecule is CN[C@@H](C)C(=O)N[C@@H](CCCCN(Cc1ccccc1)C(=O)O)C(=O)N1C[C@H]2CCCN2C[C@H]1C(=O)N[C@@H]1CCCc2ccccc21.Cl.Cl. The normalized spacial score (nSPS) is 21.1. The molecule has 5 rings (SSSR count). The minimum atomic E-state index is -0.999. The van der Waals surface area contributed by atoms with Crippen LogP contribution in [0.4, 0.5) is 4.79 Å². The Bertz CT molecular complexity index is 1400. The Balaban J connectivity index is 0.00000325. The van der Waals surface area contributed by atoms with Gasteiger partial charge in [0.1, 0.15) is 12.1 Å². The molecule has 4 N–H and O–H groups in total. The van der Waals surface area contributed by atoms with Gasteiger partial charge in [-0.2, -0.15) is 0 Å². The van der Waals surface area contributed by atoms with Crippen molar-refractivity contribution in [3.63, 3.8) is 0 Å². The van der Waals surface area contributed by atoms with E-state index in [0.717, 1.165) is 49.8 Å². The lowest BCUT2D eigenvalue weighted by Crippen LogP contribution is -2.65. The zero-order chi connectivity index (χ0) is 33.3. The second-order valence-corrected chi connectivity index (χ2v) is 13.2. The van der Waals surface area contributed by atoms with Gasteiger partial charge in [0.05, 0.1) is 12.1 Å². The van der Waals surface area contributed by atoms with Crippen molar-refractivity contribution in [1.82, 2.24) is 30.7 Å². The standard InChI is InChI=1S/C36H50N6O5.2ClH/c1-25(37-2)33(43)39-31(18-8-9-20-41(36(46)47)22-26-12-4-3-5-13-26)35(45)42-23-28-16-11-21-40(28)24-32(42)34(44)38-30-19-10-15-27-14-6-7-17-29(27)30;;/h3-7,12-14,17,25,28,30-32,37H,8-11,15-16,18-24H2,1-2H3,(H,38,44)(H,39,43)(H,46,47);2*1H/t25-,28+,30+,31-,32-;;/m0../s1. The van der Waals surface area contributed by atoms with E-state index in [4.69, 9.17) is 0 Å². The van der Waals surface area contributed by atoms with Gasteiger partial charge >= 0.3 is 6.09 Å². The Morgan fingerprint density at radius 3 is 2.43 bits per heavy atom. The highest BCUT2D eigenvalue weighted by atomic mass is 35.5. The third-order valence-electron chi connectivity index (χ3n) is 10.1. The third kappa shape index (κ3) is 10.3. The van der Waals surface area contributed by atoms with E-state index in [1.165, 1.54) is 10.5 Å². The number of nitrogens with one attached hydrogen (secondary N) is 3. The molecule has 0 spiro atoms. The van der Waals surface area contributed by atoms with Crippen molar-refractivity contribution in [1.29, 1.82) is 0 Å². The molecule has 270 valence electrons. The fourth-order valence-corrected chi connectivity index (χ4v) is 7.24. The summed E-state index contributed by atoms with van der Waals surface area (Å²) in [4.78, 5) is 58.9. The van der Waals surface area contributed by atoms with Crippen molar-refractivity contribution in [2.45, 2.75) is 95.0 Å². The van der Waals surface area contributed by atoms with E-state index >= 15 is 0 Å². The van der Waals surface area contributed by atoms with Crippen LogP contribution < -0.4 is 16.0 Å². The first-order valence-electron chi connectivity index (χ1n) is 17.2. The minimum Gasteiger partial charge on any atom is -0.465 e. The summed E-state index contributed by atoms with van der Waals surface area (Å²) in [7, 11) is 1.69. The molecule has 11 nitrogen and oxygen atoms in total. The molecule has 1 aliphatic carbocycles. The molecule has 2 aliphatic heterocycles. The average Bonchev–Trinajstić information content (AvgIpc) is 3.56. The largest absolute Gasteiger partial charge is 0.465 e. The average molecular weight is 720 g/mol. The number of hydrogen-bond acceptors (Lipinski definition) is 6. The monoisotopic (exact) mass is 718 g/mol. The van der Waals surface area contributed by atoms with Crippen LogP contribution in [0.15, 0.2) is 54.6 Å². The summed E-state index contributed by atoms with van der Waals surface area (Å²) in [6.07, 6.45) is 5.24. The maximum absolute atomic E-state index is 14.4. The van der Waals surface area contributed by atoms with Gasteiger partial charge in [-0.25, -0.2) is 4.79 Å². The predicted molar refractivity (Wildman–Crippen MR) is 194 cm³/mol. The Morgan fingerprint density at radius 2 is 1.69 bits per heavy atom. The molecule has 0 unspecified atom stereocenters. The number of unbranched alkanes of at least 4 members (excludes halogenated alkanes) is 1. The third-order valence-corrected chi connectivity index (χ3v) is 10.1. The van der Waals surface area contributed by atoms with Gasteiger partial charge in [0.25, 0.3) is 0 Å². The van der Waals surface area contributed by atoms with Gasteiger partial charge in [-0.3, -0.25) is 19.3 Å². The quantitative estimate of drug-likeness (QED) is 0.229. The number of carbonyl (C=O) groups is 4. The first-order chi connectivity index (χ1) is 22.7. The number of halogens is 2. The zero-order valence-corrected chi connectivity index (χ0v) is 30.1. The van der Waals surface area contributed by atoms with Crippen LogP contribution in [0, 0.1) is 0 Å². The summed E-state index contributed by atoms with van der Waals surface area (Å²) in [6.45, 7) is 4.14. The molecular formula is C36H52Cl2N6O5. The van der Waals surface area contributed by atoms with Crippen molar-refractivity contribution >= 4 is 48.6 Å². The molecule has 13 heteroatoms. The molecule has 0 bridgehead atoms. The van der Waals surface area contributed by atoms with Crippen LogP contribution in [-0.2, 0) is 27.3 Å². The molecule has 2 heterocycles. The number of rotatable bonds is 13. The van der Waals surface area contributed by atoms with E-state index in [1.807, 2.05) is 42.5 Å². The van der Waals surface area contributed by atoms with Gasteiger partial charge in [-0.1, -0.05) is 54.6 Å². The minimum absolute atomic E-state index is 0. The molecule has 2 saturated heterocycles. The number of fused-ring (bicyclic) bond motifs is 2. The van der Waals surface area contributed by atoms with Crippen molar-refractivity contribution < 1.29 is 24.3 Å². The molecule has 5 atom stereocenters. The highest BCUT2D eigenvalue weighted by Crippen LogP contribution is 2.31. The Hall–Kier alpha value is -3.38. The van der Waals surface area contributed by atoms with Crippen LogP contribution in [-0.4, -0.2) is 101 Å². The predicted octanol–water partition coefficient (Wildman–Crippen LogP) is 4.14. The van der Waals surface area contributed by atoms with Gasteiger partial charge in [0, 0.05) is 32.2 Å². The number of hydrogen-bond donors (Lipinski definition) is 4. The van der Waals surface area contributed by atoms with Gasteiger partial charge in [0.2, 0.25) is 17.7 Å². The molecule has 0 radical (unpaired) electrons. The number of carboxylic acid groups (broad SMARTS) is 1. The highest BCUT2D eigenvalue weighted by molar-refractivity contribution is 5.93. The van der Waals surface area contributed by atoms with E-state index < -0.39 is 24.2 Å². The van der Waals surface area contributed by atoms with Crippen LogP contribution in [0.3, 0.4) is 0 Å². The molecule has 0 saturated carbocycles. The Morgan fingerprint density at radius 1 is 0.959 bits per heavy atom. The van der Waals surface area contributed by atoms with Gasteiger partial charge in [-0.05, 0) is 88.6 Å². The molecule has 3 aliphatic rings. The van der Waals surface area contributed by atoms with Crippen LogP contribution in [0.1, 0.15) is 74.6 Å². The molecule has 4 amide bonds. The number of amides is 4. The molecular weight excluding hydrogens is 667 g/mol. The maximum atomic E-state index is 14.4. The number of nitrogens with zero attached hydrogens (tertiary/aromatic N) is 3. The van der Waals surface area contributed by atoms with Crippen LogP contribution >= 0.6 is 24.8 Å². The fourth-order valence-electron chi connectivity index (χ4n) is 7.24. The number of aryl methyl sites for hydroxylation is 1. The molecule has 2 aromatic rings. The lowest BCUT2D eigenvalue weighted by Gasteiger charge is -2.44. The van der Waals surface area contributed by atoms with E-state index in [1.54, 1.807) is 18.9 Å².